The van der Waals surface area contributed by atoms with Crippen LogP contribution in [-0.4, -0.2) is 32.1 Å². The van der Waals surface area contributed by atoms with E-state index in [1.54, 1.807) is 36.9 Å². The van der Waals surface area contributed by atoms with E-state index >= 15 is 0 Å². The Hall–Kier alpha value is -2.57. The zero-order chi connectivity index (χ0) is 14.7. The van der Waals surface area contributed by atoms with E-state index in [2.05, 4.69) is 15.0 Å². The first-order valence-corrected chi connectivity index (χ1v) is 6.43. The molecule has 0 amide bonds. The minimum atomic E-state index is -1.55. The summed E-state index contributed by atoms with van der Waals surface area (Å²) in [5, 5.41) is 18.9. The molecule has 3 aromatic heterocycles. The van der Waals surface area contributed by atoms with Crippen molar-refractivity contribution >= 4 is 12.6 Å². The maximum absolute atomic E-state index is 9.47. The van der Waals surface area contributed by atoms with E-state index in [4.69, 9.17) is 0 Å². The van der Waals surface area contributed by atoms with E-state index < -0.39 is 7.12 Å². The minimum Gasteiger partial charge on any atom is -0.423 e. The smallest absolute Gasteiger partial charge is 0.423 e. The lowest BCUT2D eigenvalue weighted by Crippen LogP contribution is -2.30. The quantitative estimate of drug-likeness (QED) is 0.695. The lowest BCUT2D eigenvalue weighted by Gasteiger charge is -2.09. The second kappa shape index (κ2) is 5.82. The summed E-state index contributed by atoms with van der Waals surface area (Å²) < 4.78 is 0. The summed E-state index contributed by atoms with van der Waals surface area (Å²) in [6.45, 7) is 0. The number of hydrogen-bond acceptors (Lipinski definition) is 5. The Morgan fingerprint density at radius 2 is 1.14 bits per heavy atom. The molecule has 6 heteroatoms. The van der Waals surface area contributed by atoms with Gasteiger partial charge in [0.25, 0.3) is 0 Å². The molecule has 0 saturated carbocycles. The maximum atomic E-state index is 9.47. The molecule has 3 heterocycles. The Kier molecular flexibility index (Phi) is 3.72. The summed E-state index contributed by atoms with van der Waals surface area (Å²) in [5.41, 5.74) is 3.44. The molecule has 0 unspecified atom stereocenters. The third-order valence-corrected chi connectivity index (χ3v) is 3.10. The monoisotopic (exact) mass is 277 g/mol. The lowest BCUT2D eigenvalue weighted by atomic mass is 9.79. The van der Waals surface area contributed by atoms with Gasteiger partial charge in [-0.15, -0.1) is 0 Å². The van der Waals surface area contributed by atoms with Gasteiger partial charge in [0.1, 0.15) is 0 Å². The average molecular weight is 277 g/mol. The number of rotatable bonds is 3. The van der Waals surface area contributed by atoms with Crippen LogP contribution in [0.5, 0.6) is 0 Å². The van der Waals surface area contributed by atoms with Crippen molar-refractivity contribution in [2.75, 3.05) is 0 Å². The molecule has 0 spiro atoms. The summed E-state index contributed by atoms with van der Waals surface area (Å²) in [6.07, 6.45) is 6.69. The molecule has 3 rings (SSSR count). The van der Waals surface area contributed by atoms with Gasteiger partial charge < -0.3 is 10.0 Å². The second-order valence-corrected chi connectivity index (χ2v) is 4.52. The van der Waals surface area contributed by atoms with E-state index in [9.17, 15) is 10.0 Å². The zero-order valence-electron chi connectivity index (χ0n) is 11.1. The third-order valence-electron chi connectivity index (χ3n) is 3.10. The third kappa shape index (κ3) is 2.96. The van der Waals surface area contributed by atoms with Crippen molar-refractivity contribution in [2.24, 2.45) is 0 Å². The van der Waals surface area contributed by atoms with Gasteiger partial charge in [-0.1, -0.05) is 0 Å². The van der Waals surface area contributed by atoms with Crippen molar-refractivity contribution in [3.05, 3.63) is 61.2 Å². The molecule has 2 N–H and O–H groups in total. The van der Waals surface area contributed by atoms with Crippen molar-refractivity contribution in [1.82, 2.24) is 15.0 Å². The summed E-state index contributed by atoms with van der Waals surface area (Å²) in [6, 6.07) is 10.6. The number of aromatic nitrogens is 3. The van der Waals surface area contributed by atoms with Crippen LogP contribution in [0.15, 0.2) is 61.2 Å². The first-order valence-electron chi connectivity index (χ1n) is 6.43. The first-order chi connectivity index (χ1) is 10.2. The van der Waals surface area contributed by atoms with E-state index in [-0.39, 0.29) is 0 Å². The van der Waals surface area contributed by atoms with E-state index in [0.29, 0.717) is 16.9 Å². The van der Waals surface area contributed by atoms with Crippen LogP contribution >= 0.6 is 0 Å². The minimum absolute atomic E-state index is 0.392. The highest BCUT2D eigenvalue weighted by molar-refractivity contribution is 6.58. The van der Waals surface area contributed by atoms with Gasteiger partial charge in [-0.05, 0) is 41.9 Å². The summed E-state index contributed by atoms with van der Waals surface area (Å²) in [7, 11) is -1.55. The van der Waals surface area contributed by atoms with Crippen LogP contribution < -0.4 is 5.46 Å². The van der Waals surface area contributed by atoms with Crippen molar-refractivity contribution in [2.45, 2.75) is 0 Å². The largest absolute Gasteiger partial charge is 0.488 e. The molecule has 5 nitrogen and oxygen atoms in total. The predicted octanol–water partition coefficient (Wildman–Crippen LogP) is 0.885. The molecular formula is C15H12BN3O2. The van der Waals surface area contributed by atoms with E-state index in [0.717, 1.165) is 11.1 Å². The SMILES string of the molecule is OB(O)c1cc(-c2ccncc2)nc(-c2ccncc2)c1. The second-order valence-electron chi connectivity index (χ2n) is 4.52. The number of pyridine rings is 3. The van der Waals surface area contributed by atoms with Crippen LogP contribution in [0.2, 0.25) is 0 Å². The summed E-state index contributed by atoms with van der Waals surface area (Å²) in [4.78, 5) is 12.5. The highest BCUT2D eigenvalue weighted by atomic mass is 16.4. The lowest BCUT2D eigenvalue weighted by molar-refractivity contribution is 0.426. The normalized spacial score (nSPS) is 10.4. The topological polar surface area (TPSA) is 79.1 Å². The molecule has 0 bridgehead atoms. The molecule has 102 valence electrons. The van der Waals surface area contributed by atoms with Crippen LogP contribution in [0.25, 0.3) is 22.5 Å². The van der Waals surface area contributed by atoms with Crippen molar-refractivity contribution < 1.29 is 10.0 Å². The Labute approximate surface area is 122 Å². The van der Waals surface area contributed by atoms with Gasteiger partial charge in [-0.3, -0.25) is 9.97 Å². The molecule has 0 fully saturated rings. The Morgan fingerprint density at radius 3 is 1.52 bits per heavy atom. The van der Waals surface area contributed by atoms with Crippen LogP contribution in [0.3, 0.4) is 0 Å². The van der Waals surface area contributed by atoms with E-state index in [1.807, 2.05) is 24.3 Å². The molecule has 0 aliphatic rings. The molecule has 0 saturated heterocycles. The fourth-order valence-electron chi connectivity index (χ4n) is 2.04. The van der Waals surface area contributed by atoms with Crippen LogP contribution in [0.4, 0.5) is 0 Å². The maximum Gasteiger partial charge on any atom is 0.488 e. The van der Waals surface area contributed by atoms with Gasteiger partial charge in [0.05, 0.1) is 11.4 Å². The van der Waals surface area contributed by atoms with E-state index in [1.165, 1.54) is 0 Å². The van der Waals surface area contributed by atoms with Gasteiger partial charge in [-0.2, -0.15) is 0 Å². The predicted molar refractivity (Wildman–Crippen MR) is 80.5 cm³/mol. The average Bonchev–Trinajstić information content (AvgIpc) is 2.56. The van der Waals surface area contributed by atoms with Crippen LogP contribution in [0, 0.1) is 0 Å². The Balaban J connectivity index is 2.16. The standard InChI is InChI=1S/C15H12BN3O2/c20-16(21)13-9-14(11-1-5-17-6-2-11)19-15(10-13)12-3-7-18-8-4-12/h1-10,20-21H. The van der Waals surface area contributed by atoms with Gasteiger partial charge in [0.15, 0.2) is 0 Å². The number of hydrogen-bond donors (Lipinski definition) is 2. The fourth-order valence-corrected chi connectivity index (χ4v) is 2.04. The van der Waals surface area contributed by atoms with Crippen LogP contribution in [0.1, 0.15) is 0 Å². The molecule has 0 aromatic carbocycles. The first kappa shape index (κ1) is 13.4. The van der Waals surface area contributed by atoms with Gasteiger partial charge in [0.2, 0.25) is 0 Å². The molecule has 0 aliphatic carbocycles. The molecule has 0 atom stereocenters. The molecule has 0 aliphatic heterocycles. The Morgan fingerprint density at radius 1 is 0.714 bits per heavy atom. The Bertz CT molecular complexity index is 679. The van der Waals surface area contributed by atoms with Gasteiger partial charge in [-0.25, -0.2) is 4.98 Å². The molecule has 3 aromatic rings. The highest BCUT2D eigenvalue weighted by Gasteiger charge is 2.15. The van der Waals surface area contributed by atoms with Crippen molar-refractivity contribution in [3.63, 3.8) is 0 Å². The van der Waals surface area contributed by atoms with Crippen LogP contribution in [-0.2, 0) is 0 Å². The molecular weight excluding hydrogens is 265 g/mol. The fraction of sp³-hybridized carbons (Fsp3) is 0. The molecule has 21 heavy (non-hydrogen) atoms. The van der Waals surface area contributed by atoms with Gasteiger partial charge in [0, 0.05) is 35.9 Å². The summed E-state index contributed by atoms with van der Waals surface area (Å²) in [5.74, 6) is 0. The highest BCUT2D eigenvalue weighted by Crippen LogP contribution is 2.20. The van der Waals surface area contributed by atoms with Gasteiger partial charge >= 0.3 is 7.12 Å². The van der Waals surface area contributed by atoms with Crippen molar-refractivity contribution in [1.29, 1.82) is 0 Å². The van der Waals surface area contributed by atoms with Crippen molar-refractivity contribution in [3.8, 4) is 22.5 Å². The number of nitrogens with zero attached hydrogens (tertiary/aromatic N) is 3. The zero-order valence-corrected chi connectivity index (χ0v) is 11.1. The summed E-state index contributed by atoms with van der Waals surface area (Å²) >= 11 is 0. The molecule has 0 radical (unpaired) electrons.